The predicted octanol–water partition coefficient (Wildman–Crippen LogP) is 3.83. The molecule has 0 radical (unpaired) electrons. The van der Waals surface area contributed by atoms with Crippen molar-refractivity contribution in [2.45, 2.75) is 13.0 Å². The molecule has 27 heavy (non-hydrogen) atoms. The quantitative estimate of drug-likeness (QED) is 0.537. The van der Waals surface area contributed by atoms with Gasteiger partial charge in [0.05, 0.1) is 12.0 Å². The molecule has 0 aliphatic carbocycles. The Morgan fingerprint density at radius 1 is 1.26 bits per heavy atom. The van der Waals surface area contributed by atoms with Crippen LogP contribution in [-0.2, 0) is 6.42 Å². The normalized spacial score (nSPS) is 10.6. The number of ether oxygens (including phenoxy) is 2. The number of nitrogens with one attached hydrogen (secondary N) is 1. The summed E-state index contributed by atoms with van der Waals surface area (Å²) >= 11 is 5.72. The fourth-order valence-electron chi connectivity index (χ4n) is 2.32. The van der Waals surface area contributed by atoms with E-state index in [2.05, 4.69) is 10.1 Å². The Kier molecular flexibility index (Phi) is 6.89. The SMILES string of the molecule is COc1cc(CCNC(=O)c2ccc(Cl)cc2[N+](=O)[O-])ccc1OC(F)F. The monoisotopic (exact) mass is 400 g/mol. The molecule has 2 aromatic carbocycles. The van der Waals surface area contributed by atoms with Crippen molar-refractivity contribution in [1.29, 1.82) is 0 Å². The highest BCUT2D eigenvalue weighted by molar-refractivity contribution is 6.31. The minimum atomic E-state index is -2.97. The number of nitro groups is 1. The van der Waals surface area contributed by atoms with Gasteiger partial charge in [-0.3, -0.25) is 14.9 Å². The second-order valence-electron chi connectivity index (χ2n) is 5.29. The van der Waals surface area contributed by atoms with E-state index in [0.29, 0.717) is 12.0 Å². The van der Waals surface area contributed by atoms with Gasteiger partial charge in [-0.15, -0.1) is 0 Å². The topological polar surface area (TPSA) is 90.7 Å². The van der Waals surface area contributed by atoms with Gasteiger partial charge in [-0.25, -0.2) is 0 Å². The van der Waals surface area contributed by atoms with Gasteiger partial charge < -0.3 is 14.8 Å². The standard InChI is InChI=1S/C17H15ClF2N2O5/c1-26-15-8-10(2-5-14(15)27-17(19)20)6-7-21-16(23)12-4-3-11(18)9-13(12)22(24)25/h2-5,8-9,17H,6-7H2,1H3,(H,21,23). The van der Waals surface area contributed by atoms with Crippen molar-refractivity contribution in [3.05, 3.63) is 62.7 Å². The Morgan fingerprint density at radius 2 is 2.00 bits per heavy atom. The van der Waals surface area contributed by atoms with E-state index in [1.807, 2.05) is 0 Å². The lowest BCUT2D eigenvalue weighted by Gasteiger charge is -2.12. The number of carbonyl (C=O) groups is 1. The lowest BCUT2D eigenvalue weighted by molar-refractivity contribution is -0.385. The van der Waals surface area contributed by atoms with Crippen LogP contribution in [0.4, 0.5) is 14.5 Å². The van der Waals surface area contributed by atoms with Crippen LogP contribution in [0.25, 0.3) is 0 Å². The van der Waals surface area contributed by atoms with Gasteiger partial charge in [-0.1, -0.05) is 17.7 Å². The number of alkyl halides is 2. The van der Waals surface area contributed by atoms with Crippen LogP contribution in [-0.4, -0.2) is 31.1 Å². The molecule has 1 N–H and O–H groups in total. The number of hydrogen-bond acceptors (Lipinski definition) is 5. The molecule has 0 saturated heterocycles. The van der Waals surface area contributed by atoms with Crippen LogP contribution in [0.5, 0.6) is 11.5 Å². The van der Waals surface area contributed by atoms with Crippen molar-refractivity contribution in [3.8, 4) is 11.5 Å². The third-order valence-electron chi connectivity index (χ3n) is 3.54. The predicted molar refractivity (Wildman–Crippen MR) is 93.8 cm³/mol. The van der Waals surface area contributed by atoms with Crippen molar-refractivity contribution in [1.82, 2.24) is 5.32 Å². The van der Waals surface area contributed by atoms with Gasteiger partial charge in [0, 0.05) is 17.6 Å². The molecule has 1 amide bonds. The summed E-state index contributed by atoms with van der Waals surface area (Å²) in [4.78, 5) is 22.5. The smallest absolute Gasteiger partial charge is 0.387 e. The number of hydrogen-bond donors (Lipinski definition) is 1. The molecule has 0 bridgehead atoms. The first-order chi connectivity index (χ1) is 12.8. The summed E-state index contributed by atoms with van der Waals surface area (Å²) in [5.74, 6) is -0.590. The maximum absolute atomic E-state index is 12.3. The molecule has 0 aromatic heterocycles. The fraction of sp³-hybridized carbons (Fsp3) is 0.235. The number of carbonyl (C=O) groups excluding carboxylic acids is 1. The van der Waals surface area contributed by atoms with Crippen LogP contribution in [0.15, 0.2) is 36.4 Å². The van der Waals surface area contributed by atoms with Crippen LogP contribution in [0.2, 0.25) is 5.02 Å². The van der Waals surface area contributed by atoms with Crippen LogP contribution < -0.4 is 14.8 Å². The van der Waals surface area contributed by atoms with Crippen molar-refractivity contribution >= 4 is 23.2 Å². The molecule has 0 fully saturated rings. The zero-order valence-electron chi connectivity index (χ0n) is 14.1. The van der Waals surface area contributed by atoms with Crippen molar-refractivity contribution < 1.29 is 28.0 Å². The average molecular weight is 401 g/mol. The first-order valence-corrected chi connectivity index (χ1v) is 8.03. The molecule has 0 heterocycles. The van der Waals surface area contributed by atoms with Gasteiger partial charge in [-0.05, 0) is 36.2 Å². The van der Waals surface area contributed by atoms with Gasteiger partial charge in [-0.2, -0.15) is 8.78 Å². The molecule has 0 aliphatic rings. The molecule has 0 unspecified atom stereocenters. The maximum Gasteiger partial charge on any atom is 0.387 e. The first-order valence-electron chi connectivity index (χ1n) is 7.65. The molecule has 0 saturated carbocycles. The largest absolute Gasteiger partial charge is 0.493 e. The van der Waals surface area contributed by atoms with E-state index in [9.17, 15) is 23.7 Å². The van der Waals surface area contributed by atoms with Crippen LogP contribution in [0.1, 0.15) is 15.9 Å². The highest BCUT2D eigenvalue weighted by Gasteiger charge is 2.20. The molecule has 7 nitrogen and oxygen atoms in total. The highest BCUT2D eigenvalue weighted by atomic mass is 35.5. The number of amides is 1. The fourth-order valence-corrected chi connectivity index (χ4v) is 2.49. The van der Waals surface area contributed by atoms with Gasteiger partial charge in [0.25, 0.3) is 11.6 Å². The van der Waals surface area contributed by atoms with E-state index in [1.54, 1.807) is 6.07 Å². The number of nitro benzene ring substituents is 1. The Bertz CT molecular complexity index is 848. The molecule has 2 rings (SSSR count). The van der Waals surface area contributed by atoms with E-state index in [1.165, 1.54) is 31.4 Å². The Balaban J connectivity index is 2.02. The third-order valence-corrected chi connectivity index (χ3v) is 3.78. The number of methoxy groups -OCH3 is 1. The van der Waals surface area contributed by atoms with Crippen molar-refractivity contribution in [3.63, 3.8) is 0 Å². The zero-order chi connectivity index (χ0) is 20.0. The van der Waals surface area contributed by atoms with E-state index < -0.39 is 23.1 Å². The summed E-state index contributed by atoms with van der Waals surface area (Å²) in [6, 6.07) is 8.16. The van der Waals surface area contributed by atoms with Gasteiger partial charge in [0.2, 0.25) is 0 Å². The van der Waals surface area contributed by atoms with E-state index in [-0.39, 0.29) is 28.6 Å². The number of halogens is 3. The summed E-state index contributed by atoms with van der Waals surface area (Å²) < 4.78 is 34.0. The van der Waals surface area contributed by atoms with Crippen molar-refractivity contribution in [2.75, 3.05) is 13.7 Å². The molecular formula is C17H15ClF2N2O5. The van der Waals surface area contributed by atoms with Crippen LogP contribution in [0, 0.1) is 10.1 Å². The van der Waals surface area contributed by atoms with E-state index in [0.717, 1.165) is 6.07 Å². The summed E-state index contributed by atoms with van der Waals surface area (Å²) in [6.45, 7) is -2.81. The minimum absolute atomic E-state index is 0.0999. The van der Waals surface area contributed by atoms with Crippen LogP contribution >= 0.6 is 11.6 Å². The summed E-state index contributed by atoms with van der Waals surface area (Å²) in [7, 11) is 1.32. The van der Waals surface area contributed by atoms with E-state index >= 15 is 0 Å². The Morgan fingerprint density at radius 3 is 2.63 bits per heavy atom. The van der Waals surface area contributed by atoms with Crippen molar-refractivity contribution in [2.24, 2.45) is 0 Å². The number of benzene rings is 2. The second kappa shape index (κ2) is 9.13. The molecular weight excluding hydrogens is 386 g/mol. The third kappa shape index (κ3) is 5.52. The molecule has 0 aliphatic heterocycles. The maximum atomic E-state index is 12.3. The number of nitrogens with zero attached hydrogens (tertiary/aromatic N) is 1. The second-order valence-corrected chi connectivity index (χ2v) is 5.72. The zero-order valence-corrected chi connectivity index (χ0v) is 14.8. The number of rotatable bonds is 8. The van der Waals surface area contributed by atoms with E-state index in [4.69, 9.17) is 16.3 Å². The molecule has 0 atom stereocenters. The molecule has 2 aromatic rings. The van der Waals surface area contributed by atoms with Gasteiger partial charge in [0.15, 0.2) is 11.5 Å². The minimum Gasteiger partial charge on any atom is -0.493 e. The lowest BCUT2D eigenvalue weighted by atomic mass is 10.1. The van der Waals surface area contributed by atoms with Gasteiger partial charge >= 0.3 is 6.61 Å². The average Bonchev–Trinajstić information content (AvgIpc) is 2.62. The van der Waals surface area contributed by atoms with Crippen LogP contribution in [0.3, 0.4) is 0 Å². The molecule has 144 valence electrons. The van der Waals surface area contributed by atoms with Gasteiger partial charge in [0.1, 0.15) is 5.56 Å². The highest BCUT2D eigenvalue weighted by Crippen LogP contribution is 2.29. The Labute approximate surface area is 158 Å². The molecule has 0 spiro atoms. The Hall–Kier alpha value is -2.94. The summed E-state index contributed by atoms with van der Waals surface area (Å²) in [5.41, 5.74) is 0.192. The lowest BCUT2D eigenvalue weighted by Crippen LogP contribution is -2.26. The molecule has 10 heteroatoms. The summed E-state index contributed by atoms with van der Waals surface area (Å²) in [5, 5.41) is 13.8. The first kappa shape index (κ1) is 20.4. The summed E-state index contributed by atoms with van der Waals surface area (Å²) in [6.07, 6.45) is 0.346.